The van der Waals surface area contributed by atoms with Gasteiger partial charge in [0.25, 0.3) is 15.9 Å². The van der Waals surface area contributed by atoms with Gasteiger partial charge in [-0.1, -0.05) is 25.5 Å². The summed E-state index contributed by atoms with van der Waals surface area (Å²) in [5, 5.41) is 4.95. The van der Waals surface area contributed by atoms with Crippen molar-refractivity contribution in [3.63, 3.8) is 0 Å². The zero-order valence-corrected chi connectivity index (χ0v) is 29.1. The number of aryl methyl sites for hydroxylation is 1. The summed E-state index contributed by atoms with van der Waals surface area (Å²) in [6, 6.07) is 7.29. The van der Waals surface area contributed by atoms with E-state index < -0.39 is 34.7 Å². The molecule has 14 nitrogen and oxygen atoms in total. The first-order valence-electron chi connectivity index (χ1n) is 15.9. The Kier molecular flexibility index (Phi) is 8.65. The number of halogens is 3. The van der Waals surface area contributed by atoms with Gasteiger partial charge in [0, 0.05) is 60.8 Å². The van der Waals surface area contributed by atoms with Gasteiger partial charge in [0.2, 0.25) is 0 Å². The molecule has 0 unspecified atom stereocenters. The summed E-state index contributed by atoms with van der Waals surface area (Å²) < 4.78 is 76.1. The van der Waals surface area contributed by atoms with Crippen molar-refractivity contribution in [1.82, 2.24) is 38.4 Å². The number of aromatic nitrogens is 5. The molecule has 2 atom stereocenters. The van der Waals surface area contributed by atoms with Crippen molar-refractivity contribution in [2.24, 2.45) is 5.92 Å². The lowest BCUT2D eigenvalue weighted by molar-refractivity contribution is -0.123. The summed E-state index contributed by atoms with van der Waals surface area (Å²) in [5.74, 6) is -0.917. The summed E-state index contributed by atoms with van der Waals surface area (Å²) in [6.07, 6.45) is 2.77. The molecule has 5 aromatic rings. The van der Waals surface area contributed by atoms with E-state index in [9.17, 15) is 31.2 Å². The molecule has 1 saturated heterocycles. The highest BCUT2D eigenvalue weighted by molar-refractivity contribution is 7.89. The largest absolute Gasteiger partial charge is 0.470 e. The number of amides is 3. The van der Waals surface area contributed by atoms with Crippen molar-refractivity contribution >= 4 is 61.0 Å². The maximum Gasteiger partial charge on any atom is 0.405 e. The topological polar surface area (TPSA) is 156 Å². The van der Waals surface area contributed by atoms with E-state index in [1.54, 1.807) is 47.6 Å². The quantitative estimate of drug-likeness (QED) is 0.231. The molecule has 2 aliphatic heterocycles. The Labute approximate surface area is 293 Å². The molecule has 51 heavy (non-hydrogen) atoms. The van der Waals surface area contributed by atoms with Crippen molar-refractivity contribution in [3.05, 3.63) is 77.0 Å². The fraction of sp³-hybridized carbons (Fsp3) is 0.344. The Morgan fingerprint density at radius 1 is 1.08 bits per heavy atom. The zero-order chi connectivity index (χ0) is 36.2. The summed E-state index contributed by atoms with van der Waals surface area (Å²) in [6.45, 7) is 2.73. The van der Waals surface area contributed by atoms with Gasteiger partial charge in [0.15, 0.2) is 34.6 Å². The first kappa shape index (κ1) is 34.3. The molecule has 19 heteroatoms. The lowest BCUT2D eigenvalue weighted by Gasteiger charge is -2.30. The Bertz CT molecular complexity index is 2310. The van der Waals surface area contributed by atoms with Crippen LogP contribution in [0.5, 0.6) is 0 Å². The van der Waals surface area contributed by atoms with Crippen LogP contribution in [0, 0.1) is 12.8 Å². The number of ether oxygens (including phenoxy) is 1. The number of benzene rings is 1. The van der Waals surface area contributed by atoms with Gasteiger partial charge in [-0.3, -0.25) is 23.4 Å². The zero-order valence-electron chi connectivity index (χ0n) is 27.5. The number of alkyl halides is 3. The van der Waals surface area contributed by atoms with Crippen LogP contribution >= 0.6 is 11.3 Å². The van der Waals surface area contributed by atoms with Crippen LogP contribution in [0.1, 0.15) is 35.4 Å². The minimum atomic E-state index is -4.52. The number of fused-ring (bicyclic) bond motifs is 4. The number of sulfonamides is 1. The average Bonchev–Trinajstić information content (AvgIpc) is 3.89. The van der Waals surface area contributed by atoms with E-state index in [-0.39, 0.29) is 47.0 Å². The smallest absolute Gasteiger partial charge is 0.405 e. The van der Waals surface area contributed by atoms with E-state index in [1.807, 2.05) is 29.6 Å². The van der Waals surface area contributed by atoms with Gasteiger partial charge in [0.05, 0.1) is 16.6 Å². The molecule has 1 fully saturated rings. The molecular formula is C32H32F3N9O5S2. The van der Waals surface area contributed by atoms with Crippen LogP contribution in [0.2, 0.25) is 0 Å². The maximum atomic E-state index is 13.6. The average molecular weight is 744 g/mol. The third-order valence-electron chi connectivity index (χ3n) is 9.05. The fourth-order valence-corrected chi connectivity index (χ4v) is 8.62. The van der Waals surface area contributed by atoms with Gasteiger partial charge in [-0.05, 0) is 31.0 Å². The third kappa shape index (κ3) is 6.24. The molecule has 2 N–H and O–H groups in total. The van der Waals surface area contributed by atoms with Gasteiger partial charge in [-0.2, -0.15) is 13.2 Å². The first-order chi connectivity index (χ1) is 24.3. The van der Waals surface area contributed by atoms with Gasteiger partial charge < -0.3 is 15.0 Å². The lowest BCUT2D eigenvalue weighted by Crippen LogP contribution is -2.42. The van der Waals surface area contributed by atoms with Crippen molar-refractivity contribution < 1.29 is 35.9 Å². The predicted octanol–water partition coefficient (Wildman–Crippen LogP) is 4.76. The normalized spacial score (nSPS) is 18.8. The van der Waals surface area contributed by atoms with E-state index >= 15 is 0 Å². The molecule has 0 saturated carbocycles. The van der Waals surface area contributed by atoms with Crippen LogP contribution in [0.25, 0.3) is 22.6 Å². The molecule has 3 amide bonds. The van der Waals surface area contributed by atoms with Crippen molar-refractivity contribution in [2.75, 3.05) is 32.0 Å². The number of nitrogens with zero attached hydrogens (tertiary/aromatic N) is 7. The van der Waals surface area contributed by atoms with Gasteiger partial charge in [0.1, 0.15) is 6.54 Å². The first-order valence-corrected chi connectivity index (χ1v) is 18.1. The minimum absolute atomic E-state index is 0.0208. The van der Waals surface area contributed by atoms with Crippen LogP contribution < -0.4 is 10.6 Å². The maximum absolute atomic E-state index is 13.6. The molecule has 6 heterocycles. The number of imidazole rings is 1. The van der Waals surface area contributed by atoms with Crippen molar-refractivity contribution in [2.45, 2.75) is 44.0 Å². The molecule has 0 bridgehead atoms. The highest BCUT2D eigenvalue weighted by Crippen LogP contribution is 2.39. The summed E-state index contributed by atoms with van der Waals surface area (Å²) in [4.78, 5) is 41.8. The number of likely N-dealkylation sites (N-methyl/N-ethyl adjacent to an activating group) is 1. The molecule has 268 valence electrons. The molecule has 7 rings (SSSR count). The summed E-state index contributed by atoms with van der Waals surface area (Å²) >= 11 is 1.24. The number of urea groups is 1. The number of hydrogen-bond acceptors (Lipinski definition) is 9. The fourth-order valence-electron chi connectivity index (χ4n) is 6.57. The van der Waals surface area contributed by atoms with Crippen molar-refractivity contribution in [1.29, 1.82) is 0 Å². The standard InChI is InChI=1S/C32H32F3N9O5S2/c1-4-19-14-43(31(46)39-16-32(33,34)35)15-21(19)23-12-36-25-13-37-28-22(44(23)25)9-10-42(28)17-49-27-20-7-5-6-8-24(20)51(47,48)41(3)26(27)29(45)40-30-38-11-18(2)50-30/h5-13,19,21H,4,14-17H2,1-3H3,(H,39,46)(H,38,40,45)/t19-,21+/m1/s1. The molecule has 4 aromatic heterocycles. The predicted molar refractivity (Wildman–Crippen MR) is 181 cm³/mol. The molecule has 0 radical (unpaired) electrons. The highest BCUT2D eigenvalue weighted by Gasteiger charge is 2.40. The Balaban J connectivity index is 1.21. The molecule has 0 aliphatic carbocycles. The summed E-state index contributed by atoms with van der Waals surface area (Å²) in [7, 11) is -2.80. The second kappa shape index (κ2) is 12.9. The Morgan fingerprint density at radius 2 is 1.86 bits per heavy atom. The molecule has 2 aliphatic rings. The van der Waals surface area contributed by atoms with Gasteiger partial charge >= 0.3 is 12.2 Å². The van der Waals surface area contributed by atoms with E-state index in [1.165, 1.54) is 29.4 Å². The number of carbonyl (C=O) groups excluding carboxylic acids is 2. The van der Waals surface area contributed by atoms with E-state index in [4.69, 9.17) is 4.74 Å². The number of nitrogens with one attached hydrogen (secondary N) is 2. The number of thiazole rings is 1. The monoisotopic (exact) mass is 743 g/mol. The SMILES string of the molecule is CC[C@@H]1CN(C(=O)NCC(F)(F)F)C[C@@H]1c1cnc2cnc3c(ccn3COC3=C(C(=O)Nc4ncc(C)s4)N(C)S(=O)(=O)c4ccccc43)n12. The third-order valence-corrected chi connectivity index (χ3v) is 11.7. The Morgan fingerprint density at radius 3 is 2.59 bits per heavy atom. The number of hydrogen-bond donors (Lipinski definition) is 2. The minimum Gasteiger partial charge on any atom is -0.470 e. The van der Waals surface area contributed by atoms with Crippen LogP contribution in [0.15, 0.2) is 65.7 Å². The summed E-state index contributed by atoms with van der Waals surface area (Å²) in [5.41, 5.74) is 2.46. The second-order valence-electron chi connectivity index (χ2n) is 12.2. The number of likely N-dealkylation sites (tertiary alicyclic amines) is 1. The van der Waals surface area contributed by atoms with Gasteiger partial charge in [-0.15, -0.1) is 11.3 Å². The van der Waals surface area contributed by atoms with Crippen LogP contribution in [-0.4, -0.2) is 86.3 Å². The molecule has 0 spiro atoms. The van der Waals surface area contributed by atoms with Gasteiger partial charge in [-0.25, -0.2) is 28.2 Å². The number of rotatable bonds is 8. The molecular weight excluding hydrogens is 712 g/mol. The van der Waals surface area contributed by atoms with E-state index in [0.29, 0.717) is 34.9 Å². The highest BCUT2D eigenvalue weighted by atomic mass is 32.2. The number of anilines is 1. The Hall–Kier alpha value is -5.17. The van der Waals surface area contributed by atoms with Crippen LogP contribution in [0.4, 0.5) is 23.1 Å². The molecule has 1 aromatic carbocycles. The second-order valence-corrected chi connectivity index (χ2v) is 15.4. The number of carbonyl (C=O) groups is 2. The van der Waals surface area contributed by atoms with Crippen LogP contribution in [0.3, 0.4) is 0 Å². The van der Waals surface area contributed by atoms with E-state index in [2.05, 4.69) is 20.3 Å². The van der Waals surface area contributed by atoms with E-state index in [0.717, 1.165) is 14.9 Å². The van der Waals surface area contributed by atoms with Crippen molar-refractivity contribution in [3.8, 4) is 0 Å². The van der Waals surface area contributed by atoms with Crippen LogP contribution in [-0.2, 0) is 26.3 Å². The lowest BCUT2D eigenvalue weighted by atomic mass is 9.91.